The summed E-state index contributed by atoms with van der Waals surface area (Å²) in [6.45, 7) is 1.90. The van der Waals surface area contributed by atoms with Gasteiger partial charge in [0, 0.05) is 0 Å². The number of hydrogen-bond acceptors (Lipinski definition) is 5. The van der Waals surface area contributed by atoms with E-state index in [1.165, 1.54) is 12.1 Å². The Morgan fingerprint density at radius 1 is 1.50 bits per heavy atom. The van der Waals surface area contributed by atoms with E-state index in [0.717, 1.165) is 24.2 Å². The van der Waals surface area contributed by atoms with Crippen LogP contribution in [0.1, 0.15) is 19.8 Å². The minimum absolute atomic E-state index is 0.0776. The van der Waals surface area contributed by atoms with Crippen LogP contribution in [0.2, 0.25) is 4.34 Å². The van der Waals surface area contributed by atoms with Gasteiger partial charge in [0.1, 0.15) is 10.8 Å². The second kappa shape index (κ2) is 7.08. The van der Waals surface area contributed by atoms with E-state index in [9.17, 15) is 13.2 Å². The van der Waals surface area contributed by atoms with Gasteiger partial charge in [-0.25, -0.2) is 8.42 Å². The van der Waals surface area contributed by atoms with Crippen molar-refractivity contribution in [3.63, 3.8) is 0 Å². The van der Waals surface area contributed by atoms with Crippen molar-refractivity contribution in [3.05, 3.63) is 16.5 Å². The molecule has 18 heavy (non-hydrogen) atoms. The maximum absolute atomic E-state index is 11.7. The molecule has 0 bridgehead atoms. The maximum Gasteiger partial charge on any atom is 0.321 e. The van der Waals surface area contributed by atoms with Gasteiger partial charge in [-0.05, 0) is 18.6 Å². The highest BCUT2D eigenvalue weighted by Crippen LogP contribution is 2.25. The number of nitrogens with one attached hydrogen (secondary N) is 1. The molecule has 1 N–H and O–H groups in total. The molecule has 0 aliphatic rings. The minimum Gasteiger partial charge on any atom is -0.465 e. The molecule has 0 fully saturated rings. The van der Waals surface area contributed by atoms with E-state index in [-0.39, 0.29) is 10.8 Å². The Morgan fingerprint density at radius 2 is 2.22 bits per heavy atom. The van der Waals surface area contributed by atoms with Gasteiger partial charge >= 0.3 is 5.97 Å². The van der Waals surface area contributed by atoms with Crippen molar-refractivity contribution in [1.82, 2.24) is 4.72 Å². The Labute approximate surface area is 115 Å². The van der Waals surface area contributed by atoms with Gasteiger partial charge in [0.2, 0.25) is 0 Å². The van der Waals surface area contributed by atoms with Gasteiger partial charge in [0.25, 0.3) is 10.0 Å². The van der Waals surface area contributed by atoms with Crippen molar-refractivity contribution in [2.75, 3.05) is 13.2 Å². The first-order valence-electron chi connectivity index (χ1n) is 5.36. The van der Waals surface area contributed by atoms with E-state index in [1.807, 2.05) is 6.92 Å². The number of ether oxygens (including phenoxy) is 1. The monoisotopic (exact) mass is 311 g/mol. The lowest BCUT2D eigenvalue weighted by Crippen LogP contribution is -2.30. The van der Waals surface area contributed by atoms with Crippen LogP contribution in [-0.4, -0.2) is 27.5 Å². The second-order valence-electron chi connectivity index (χ2n) is 3.46. The predicted molar refractivity (Wildman–Crippen MR) is 70.4 cm³/mol. The first kappa shape index (κ1) is 15.4. The lowest BCUT2D eigenvalue weighted by Gasteiger charge is -2.05. The first-order chi connectivity index (χ1) is 8.45. The van der Waals surface area contributed by atoms with Crippen LogP contribution in [0.5, 0.6) is 0 Å². The lowest BCUT2D eigenvalue weighted by atomic mass is 10.4. The van der Waals surface area contributed by atoms with Gasteiger partial charge in [-0.1, -0.05) is 24.9 Å². The first-order valence-corrected chi connectivity index (χ1v) is 8.04. The quantitative estimate of drug-likeness (QED) is 0.617. The molecule has 0 spiro atoms. The Morgan fingerprint density at radius 3 is 2.78 bits per heavy atom. The normalized spacial score (nSPS) is 11.4. The van der Waals surface area contributed by atoms with Crippen molar-refractivity contribution in [2.45, 2.75) is 24.0 Å². The van der Waals surface area contributed by atoms with Gasteiger partial charge in [-0.3, -0.25) is 4.79 Å². The predicted octanol–water partition coefficient (Wildman–Crippen LogP) is 2.02. The highest BCUT2D eigenvalue weighted by Gasteiger charge is 2.18. The smallest absolute Gasteiger partial charge is 0.321 e. The zero-order valence-corrected chi connectivity index (χ0v) is 12.2. The number of halogens is 1. The third kappa shape index (κ3) is 4.93. The van der Waals surface area contributed by atoms with Crippen LogP contribution in [0, 0.1) is 0 Å². The molecule has 1 rings (SSSR count). The highest BCUT2D eigenvalue weighted by atomic mass is 35.5. The standard InChI is InChI=1S/C10H14ClNO4S2/c1-2-3-6-16-9(13)7-12-18(14,15)10-5-4-8(11)17-10/h4-5,12H,2-3,6-7H2,1H3. The van der Waals surface area contributed by atoms with Crippen LogP contribution >= 0.6 is 22.9 Å². The Hall–Kier alpha value is -0.630. The fourth-order valence-electron chi connectivity index (χ4n) is 1.05. The number of sulfonamides is 1. The molecule has 8 heteroatoms. The number of hydrogen-bond donors (Lipinski definition) is 1. The molecular weight excluding hydrogens is 298 g/mol. The number of rotatable bonds is 7. The molecule has 0 aromatic carbocycles. The summed E-state index contributed by atoms with van der Waals surface area (Å²) in [5.41, 5.74) is 0. The van der Waals surface area contributed by atoms with Crippen molar-refractivity contribution in [2.24, 2.45) is 0 Å². The van der Waals surface area contributed by atoms with Crippen LogP contribution in [0.15, 0.2) is 16.3 Å². The van der Waals surface area contributed by atoms with Crippen molar-refractivity contribution >= 4 is 38.9 Å². The van der Waals surface area contributed by atoms with Crippen LogP contribution in [-0.2, 0) is 19.6 Å². The molecule has 1 aromatic rings. The van der Waals surface area contributed by atoms with E-state index < -0.39 is 16.0 Å². The minimum atomic E-state index is -3.68. The zero-order valence-electron chi connectivity index (χ0n) is 9.81. The summed E-state index contributed by atoms with van der Waals surface area (Å²) in [7, 11) is -3.68. The number of unbranched alkanes of at least 4 members (excludes halogenated alkanes) is 1. The molecule has 0 saturated heterocycles. The number of carbonyl (C=O) groups excluding carboxylic acids is 1. The molecule has 102 valence electrons. The summed E-state index contributed by atoms with van der Waals surface area (Å²) in [5, 5.41) is 0. The van der Waals surface area contributed by atoms with Crippen LogP contribution < -0.4 is 4.72 Å². The van der Waals surface area contributed by atoms with Gasteiger partial charge in [-0.15, -0.1) is 11.3 Å². The molecule has 5 nitrogen and oxygen atoms in total. The molecule has 1 aromatic heterocycles. The van der Waals surface area contributed by atoms with Crippen molar-refractivity contribution in [1.29, 1.82) is 0 Å². The molecule has 0 amide bonds. The molecule has 0 saturated carbocycles. The Bertz CT molecular complexity index is 498. The van der Waals surface area contributed by atoms with Gasteiger partial charge in [-0.2, -0.15) is 4.72 Å². The summed E-state index contributed by atoms with van der Waals surface area (Å²) < 4.78 is 30.9. The molecule has 0 atom stereocenters. The van der Waals surface area contributed by atoms with Crippen LogP contribution in [0.25, 0.3) is 0 Å². The van der Waals surface area contributed by atoms with Crippen molar-refractivity contribution in [3.8, 4) is 0 Å². The molecule has 0 aliphatic carbocycles. The Balaban J connectivity index is 2.45. The number of esters is 1. The van der Waals surface area contributed by atoms with Gasteiger partial charge in [0.15, 0.2) is 0 Å². The van der Waals surface area contributed by atoms with E-state index in [2.05, 4.69) is 4.72 Å². The summed E-state index contributed by atoms with van der Waals surface area (Å²) >= 11 is 6.58. The highest BCUT2D eigenvalue weighted by molar-refractivity contribution is 7.91. The third-order valence-electron chi connectivity index (χ3n) is 1.98. The van der Waals surface area contributed by atoms with E-state index in [1.54, 1.807) is 0 Å². The lowest BCUT2D eigenvalue weighted by molar-refractivity contribution is -0.142. The molecule has 0 aliphatic heterocycles. The summed E-state index contributed by atoms with van der Waals surface area (Å²) in [4.78, 5) is 11.2. The number of thiophene rings is 1. The van der Waals surface area contributed by atoms with Gasteiger partial charge < -0.3 is 4.74 Å². The number of carbonyl (C=O) groups is 1. The zero-order chi connectivity index (χ0) is 13.6. The van der Waals surface area contributed by atoms with E-state index >= 15 is 0 Å². The molecular formula is C10H14ClNO4S2. The average Bonchev–Trinajstić information content (AvgIpc) is 2.75. The van der Waals surface area contributed by atoms with Crippen LogP contribution in [0.3, 0.4) is 0 Å². The molecule has 0 radical (unpaired) electrons. The molecule has 1 heterocycles. The molecule has 0 unspecified atom stereocenters. The third-order valence-corrected chi connectivity index (χ3v) is 5.11. The SMILES string of the molecule is CCCCOC(=O)CNS(=O)(=O)c1ccc(Cl)s1. The van der Waals surface area contributed by atoms with E-state index in [0.29, 0.717) is 10.9 Å². The van der Waals surface area contributed by atoms with E-state index in [4.69, 9.17) is 16.3 Å². The topological polar surface area (TPSA) is 72.5 Å². The maximum atomic E-state index is 11.7. The fraction of sp³-hybridized carbons (Fsp3) is 0.500. The average molecular weight is 312 g/mol. The Kier molecular flexibility index (Phi) is 6.07. The fourth-order valence-corrected chi connectivity index (χ4v) is 3.54. The van der Waals surface area contributed by atoms with Crippen molar-refractivity contribution < 1.29 is 17.9 Å². The summed E-state index contributed by atoms with van der Waals surface area (Å²) in [6.07, 6.45) is 1.67. The largest absolute Gasteiger partial charge is 0.465 e. The second-order valence-corrected chi connectivity index (χ2v) is 7.17. The summed E-state index contributed by atoms with van der Waals surface area (Å²) in [5.74, 6) is -0.588. The summed E-state index contributed by atoms with van der Waals surface area (Å²) in [6, 6.07) is 2.87. The van der Waals surface area contributed by atoms with Gasteiger partial charge in [0.05, 0.1) is 10.9 Å². The van der Waals surface area contributed by atoms with Crippen LogP contribution in [0.4, 0.5) is 0 Å².